The third kappa shape index (κ3) is 2.51. The molecule has 0 amide bonds. The van der Waals surface area contributed by atoms with Crippen LogP contribution < -0.4 is 0 Å². The molecule has 0 aliphatic carbocycles. The number of hydrogen-bond acceptors (Lipinski definition) is 2. The van der Waals surface area contributed by atoms with Gasteiger partial charge in [-0.25, -0.2) is 4.98 Å². The molecule has 0 fully saturated rings. The molecule has 2 aromatic heterocycles. The number of hydrogen-bond donors (Lipinski definition) is 0. The van der Waals surface area contributed by atoms with Gasteiger partial charge in [-0.2, -0.15) is 0 Å². The highest BCUT2D eigenvalue weighted by molar-refractivity contribution is 6.33. The van der Waals surface area contributed by atoms with Gasteiger partial charge in [-0.15, -0.1) is 0 Å². The van der Waals surface area contributed by atoms with E-state index in [1.54, 1.807) is 0 Å². The van der Waals surface area contributed by atoms with Crippen molar-refractivity contribution in [2.75, 3.05) is 0 Å². The minimum atomic E-state index is 0.571. The zero-order valence-corrected chi connectivity index (χ0v) is 14.3. The molecule has 0 bridgehead atoms. The van der Waals surface area contributed by atoms with Crippen molar-refractivity contribution in [1.82, 2.24) is 9.55 Å². The summed E-state index contributed by atoms with van der Waals surface area (Å²) in [5.74, 6) is 1.39. The van der Waals surface area contributed by atoms with Gasteiger partial charge >= 0.3 is 0 Å². The van der Waals surface area contributed by atoms with Crippen molar-refractivity contribution in [3.05, 3.63) is 76.8 Å². The first-order chi connectivity index (χ1) is 11.6. The first-order valence-electron chi connectivity index (χ1n) is 7.89. The number of aromatic nitrogens is 2. The van der Waals surface area contributed by atoms with E-state index < -0.39 is 0 Å². The van der Waals surface area contributed by atoms with Gasteiger partial charge in [0.25, 0.3) is 0 Å². The highest BCUT2D eigenvalue weighted by Crippen LogP contribution is 2.29. The van der Waals surface area contributed by atoms with Gasteiger partial charge in [0.05, 0.1) is 17.1 Å². The third-order valence-corrected chi connectivity index (χ3v) is 4.63. The van der Waals surface area contributed by atoms with E-state index in [0.717, 1.165) is 17.0 Å². The Morgan fingerprint density at radius 3 is 2.62 bits per heavy atom. The zero-order valence-electron chi connectivity index (χ0n) is 13.6. The van der Waals surface area contributed by atoms with Gasteiger partial charge in [-0.1, -0.05) is 41.9 Å². The fourth-order valence-electron chi connectivity index (χ4n) is 3.05. The second kappa shape index (κ2) is 5.84. The number of aryl methyl sites for hydroxylation is 2. The Kier molecular flexibility index (Phi) is 3.66. The fourth-order valence-corrected chi connectivity index (χ4v) is 3.26. The largest absolute Gasteiger partial charge is 0.441 e. The number of benzene rings is 2. The molecular weight excluding hydrogens is 320 g/mol. The van der Waals surface area contributed by atoms with Crippen LogP contribution in [0.5, 0.6) is 0 Å². The molecule has 0 saturated heterocycles. The lowest BCUT2D eigenvalue weighted by atomic mass is 10.2. The van der Waals surface area contributed by atoms with Crippen LogP contribution in [-0.2, 0) is 6.54 Å². The Balaban J connectivity index is 1.74. The molecule has 0 unspecified atom stereocenters. The van der Waals surface area contributed by atoms with Gasteiger partial charge in [0.2, 0.25) is 5.89 Å². The first kappa shape index (κ1) is 15.0. The topological polar surface area (TPSA) is 31.0 Å². The molecule has 4 heteroatoms. The molecule has 0 aliphatic rings. The summed E-state index contributed by atoms with van der Waals surface area (Å²) < 4.78 is 8.08. The number of oxazole rings is 1. The van der Waals surface area contributed by atoms with Crippen LogP contribution in [0.4, 0.5) is 0 Å². The summed E-state index contributed by atoms with van der Waals surface area (Å²) in [5, 5.41) is 1.91. The minimum absolute atomic E-state index is 0.571. The van der Waals surface area contributed by atoms with Gasteiger partial charge in [0.1, 0.15) is 11.5 Å². The lowest BCUT2D eigenvalue weighted by Crippen LogP contribution is -1.99. The standard InChI is InChI=1S/C20H17ClN2O/c1-13-11-23(19-10-6-4-7-15(13)19)12-18-14(2)24-20(22-18)16-8-3-5-9-17(16)21/h3-11H,12H2,1-2H3. The van der Waals surface area contributed by atoms with Gasteiger partial charge in [-0.3, -0.25) is 0 Å². The molecule has 4 aromatic rings. The van der Waals surface area contributed by atoms with E-state index in [2.05, 4.69) is 46.9 Å². The minimum Gasteiger partial charge on any atom is -0.441 e. The van der Waals surface area contributed by atoms with E-state index in [-0.39, 0.29) is 0 Å². The van der Waals surface area contributed by atoms with Crippen molar-refractivity contribution in [3.63, 3.8) is 0 Å². The maximum absolute atomic E-state index is 6.26. The molecule has 0 N–H and O–H groups in total. The second-order valence-corrected chi connectivity index (χ2v) is 6.37. The molecular formula is C20H17ClN2O. The van der Waals surface area contributed by atoms with Crippen molar-refractivity contribution in [3.8, 4) is 11.5 Å². The second-order valence-electron chi connectivity index (χ2n) is 5.96. The Morgan fingerprint density at radius 1 is 1.04 bits per heavy atom. The van der Waals surface area contributed by atoms with Gasteiger partial charge in [-0.05, 0) is 37.6 Å². The maximum Gasteiger partial charge on any atom is 0.228 e. The summed E-state index contributed by atoms with van der Waals surface area (Å²) in [6.07, 6.45) is 2.16. The van der Waals surface area contributed by atoms with E-state index in [9.17, 15) is 0 Å². The predicted octanol–water partition coefficient (Wildman–Crippen LogP) is 5.61. The van der Waals surface area contributed by atoms with Crippen LogP contribution in [0.15, 0.2) is 59.1 Å². The van der Waals surface area contributed by atoms with Crippen molar-refractivity contribution in [1.29, 1.82) is 0 Å². The van der Waals surface area contributed by atoms with Crippen LogP contribution in [0.1, 0.15) is 17.0 Å². The summed E-state index contributed by atoms with van der Waals surface area (Å²) in [6, 6.07) is 16.0. The molecule has 0 radical (unpaired) electrons. The number of fused-ring (bicyclic) bond motifs is 1. The lowest BCUT2D eigenvalue weighted by Gasteiger charge is -2.03. The first-order valence-corrected chi connectivity index (χ1v) is 8.27. The molecule has 120 valence electrons. The van der Waals surface area contributed by atoms with Gasteiger partial charge < -0.3 is 8.98 Å². The van der Waals surface area contributed by atoms with E-state index in [1.807, 2.05) is 31.2 Å². The normalized spacial score (nSPS) is 11.3. The van der Waals surface area contributed by atoms with E-state index in [1.165, 1.54) is 16.5 Å². The van der Waals surface area contributed by atoms with Crippen molar-refractivity contribution < 1.29 is 4.42 Å². The smallest absolute Gasteiger partial charge is 0.228 e. The van der Waals surface area contributed by atoms with Crippen LogP contribution in [-0.4, -0.2) is 9.55 Å². The summed E-state index contributed by atoms with van der Waals surface area (Å²) >= 11 is 6.26. The highest BCUT2D eigenvalue weighted by atomic mass is 35.5. The van der Waals surface area contributed by atoms with E-state index in [0.29, 0.717) is 17.5 Å². The number of halogens is 1. The van der Waals surface area contributed by atoms with Crippen LogP contribution in [0.2, 0.25) is 5.02 Å². The van der Waals surface area contributed by atoms with Crippen molar-refractivity contribution >= 4 is 22.5 Å². The molecule has 0 atom stereocenters. The van der Waals surface area contributed by atoms with Crippen LogP contribution in [0.3, 0.4) is 0 Å². The Bertz CT molecular complexity index is 1030. The lowest BCUT2D eigenvalue weighted by molar-refractivity contribution is 0.538. The molecule has 2 aromatic carbocycles. The molecule has 0 spiro atoms. The molecule has 24 heavy (non-hydrogen) atoms. The Hall–Kier alpha value is -2.52. The maximum atomic E-state index is 6.26. The average molecular weight is 337 g/mol. The van der Waals surface area contributed by atoms with Crippen molar-refractivity contribution in [2.24, 2.45) is 0 Å². The summed E-state index contributed by atoms with van der Waals surface area (Å²) in [5.41, 5.74) is 4.21. The van der Waals surface area contributed by atoms with Crippen molar-refractivity contribution in [2.45, 2.75) is 20.4 Å². The molecule has 0 saturated carbocycles. The van der Waals surface area contributed by atoms with Crippen LogP contribution in [0, 0.1) is 13.8 Å². The van der Waals surface area contributed by atoms with Gasteiger partial charge in [0.15, 0.2) is 0 Å². The quantitative estimate of drug-likeness (QED) is 0.486. The number of nitrogens with zero attached hydrogens (tertiary/aromatic N) is 2. The highest BCUT2D eigenvalue weighted by Gasteiger charge is 2.15. The summed E-state index contributed by atoms with van der Waals surface area (Å²) in [6.45, 7) is 4.75. The number of rotatable bonds is 3. The average Bonchev–Trinajstić information content (AvgIpc) is 3.10. The van der Waals surface area contributed by atoms with E-state index >= 15 is 0 Å². The fraction of sp³-hybridized carbons (Fsp3) is 0.150. The van der Waals surface area contributed by atoms with Crippen LogP contribution >= 0.6 is 11.6 Å². The summed E-state index contributed by atoms with van der Waals surface area (Å²) in [7, 11) is 0. The third-order valence-electron chi connectivity index (χ3n) is 4.30. The Labute approximate surface area is 145 Å². The summed E-state index contributed by atoms with van der Waals surface area (Å²) in [4.78, 5) is 4.68. The Morgan fingerprint density at radius 2 is 1.79 bits per heavy atom. The predicted molar refractivity (Wildman–Crippen MR) is 97.5 cm³/mol. The zero-order chi connectivity index (χ0) is 16.7. The monoisotopic (exact) mass is 336 g/mol. The molecule has 2 heterocycles. The van der Waals surface area contributed by atoms with E-state index in [4.69, 9.17) is 16.0 Å². The van der Waals surface area contributed by atoms with Crippen LogP contribution in [0.25, 0.3) is 22.4 Å². The van der Waals surface area contributed by atoms with Gasteiger partial charge in [0, 0.05) is 17.1 Å². The molecule has 3 nitrogen and oxygen atoms in total. The molecule has 4 rings (SSSR count). The SMILES string of the molecule is Cc1oc(-c2ccccc2Cl)nc1Cn1cc(C)c2ccccc21. The number of para-hydroxylation sites is 1. The molecule has 0 aliphatic heterocycles.